The Balaban J connectivity index is 2.49. The number of rotatable bonds is 2. The minimum absolute atomic E-state index is 0.0530. The van der Waals surface area contributed by atoms with Gasteiger partial charge in [0.05, 0.1) is 12.2 Å². The fourth-order valence-corrected chi connectivity index (χ4v) is 1.98. The average molecular weight is 173 g/mol. The Morgan fingerprint density at radius 1 is 1.50 bits per heavy atom. The summed E-state index contributed by atoms with van der Waals surface area (Å²) in [7, 11) is 1.63. The Kier molecular flexibility index (Phi) is 3.50. The topological polar surface area (TPSA) is 55.5 Å². The number of methoxy groups -OCH3 is 1. The van der Waals surface area contributed by atoms with Gasteiger partial charge < -0.3 is 15.6 Å². The van der Waals surface area contributed by atoms with Crippen LogP contribution in [0.3, 0.4) is 0 Å². The van der Waals surface area contributed by atoms with Gasteiger partial charge in [-0.25, -0.2) is 0 Å². The summed E-state index contributed by atoms with van der Waals surface area (Å²) in [5, 5.41) is 9.61. The van der Waals surface area contributed by atoms with E-state index in [0.717, 1.165) is 19.3 Å². The molecule has 4 atom stereocenters. The summed E-state index contributed by atoms with van der Waals surface area (Å²) in [5.74, 6) is 0.464. The lowest BCUT2D eigenvalue weighted by atomic mass is 9.80. The van der Waals surface area contributed by atoms with Crippen LogP contribution >= 0.6 is 0 Å². The molecule has 0 heterocycles. The number of hydrogen-bond donors (Lipinski definition) is 2. The first-order chi connectivity index (χ1) is 5.69. The maximum absolute atomic E-state index is 9.61. The molecule has 1 saturated carbocycles. The normalized spacial score (nSPS) is 43.0. The van der Waals surface area contributed by atoms with Crippen LogP contribution in [0.4, 0.5) is 0 Å². The summed E-state index contributed by atoms with van der Waals surface area (Å²) in [5.41, 5.74) is 5.93. The Morgan fingerprint density at radius 3 is 2.67 bits per heavy atom. The van der Waals surface area contributed by atoms with Crippen LogP contribution in [0, 0.1) is 5.92 Å². The van der Waals surface area contributed by atoms with Crippen LogP contribution in [0.15, 0.2) is 0 Å². The first-order valence-corrected chi connectivity index (χ1v) is 4.65. The number of aliphatic hydroxyl groups is 1. The van der Waals surface area contributed by atoms with Gasteiger partial charge in [-0.15, -0.1) is 0 Å². The van der Waals surface area contributed by atoms with E-state index in [-0.39, 0.29) is 18.2 Å². The van der Waals surface area contributed by atoms with E-state index in [9.17, 15) is 5.11 Å². The SMILES string of the molecule is CCC1CC(O)C(OC)CC1N. The monoisotopic (exact) mass is 173 g/mol. The zero-order valence-corrected chi connectivity index (χ0v) is 7.86. The van der Waals surface area contributed by atoms with Crippen LogP contribution in [0.2, 0.25) is 0 Å². The van der Waals surface area contributed by atoms with Gasteiger partial charge in [0.2, 0.25) is 0 Å². The summed E-state index contributed by atoms with van der Waals surface area (Å²) in [6, 6.07) is 0.198. The smallest absolute Gasteiger partial charge is 0.0845 e. The molecule has 12 heavy (non-hydrogen) atoms. The molecule has 1 aliphatic rings. The molecule has 1 fully saturated rings. The lowest BCUT2D eigenvalue weighted by Crippen LogP contribution is -2.46. The van der Waals surface area contributed by atoms with Crippen LogP contribution in [-0.4, -0.2) is 30.5 Å². The van der Waals surface area contributed by atoms with E-state index in [1.165, 1.54) is 0 Å². The van der Waals surface area contributed by atoms with Crippen molar-refractivity contribution in [3.63, 3.8) is 0 Å². The van der Waals surface area contributed by atoms with Gasteiger partial charge in [-0.1, -0.05) is 13.3 Å². The molecule has 3 nitrogen and oxygen atoms in total. The molecule has 4 unspecified atom stereocenters. The van der Waals surface area contributed by atoms with Crippen LogP contribution in [0.1, 0.15) is 26.2 Å². The summed E-state index contributed by atoms with van der Waals surface area (Å²) >= 11 is 0. The molecule has 0 aliphatic heterocycles. The van der Waals surface area contributed by atoms with Crippen LogP contribution < -0.4 is 5.73 Å². The Bertz CT molecular complexity index is 124. The third-order valence-electron chi connectivity index (χ3n) is 2.91. The molecule has 72 valence electrons. The van der Waals surface area contributed by atoms with Gasteiger partial charge in [0.15, 0.2) is 0 Å². The highest BCUT2D eigenvalue weighted by Crippen LogP contribution is 2.27. The van der Waals surface area contributed by atoms with Gasteiger partial charge in [-0.05, 0) is 18.8 Å². The molecular formula is C9H19NO2. The maximum atomic E-state index is 9.61. The van der Waals surface area contributed by atoms with Crippen molar-refractivity contribution >= 4 is 0 Å². The summed E-state index contributed by atoms with van der Waals surface area (Å²) in [6.07, 6.45) is 2.25. The second-order valence-electron chi connectivity index (χ2n) is 3.65. The van der Waals surface area contributed by atoms with Crippen molar-refractivity contribution in [3.8, 4) is 0 Å². The summed E-state index contributed by atoms with van der Waals surface area (Å²) in [6.45, 7) is 2.12. The number of ether oxygens (including phenoxy) is 1. The second-order valence-corrected chi connectivity index (χ2v) is 3.65. The fourth-order valence-electron chi connectivity index (χ4n) is 1.98. The molecule has 0 aromatic rings. The van der Waals surface area contributed by atoms with Crippen molar-refractivity contribution in [2.24, 2.45) is 11.7 Å². The van der Waals surface area contributed by atoms with E-state index >= 15 is 0 Å². The maximum Gasteiger partial charge on any atom is 0.0845 e. The van der Waals surface area contributed by atoms with Gasteiger partial charge >= 0.3 is 0 Å². The third-order valence-corrected chi connectivity index (χ3v) is 2.91. The first kappa shape index (κ1) is 9.96. The molecule has 0 amide bonds. The molecular weight excluding hydrogens is 154 g/mol. The standard InChI is InChI=1S/C9H19NO2/c1-3-6-4-8(11)9(12-2)5-7(6)10/h6-9,11H,3-5,10H2,1-2H3. The molecule has 0 saturated heterocycles. The van der Waals surface area contributed by atoms with Crippen molar-refractivity contribution in [1.82, 2.24) is 0 Å². The quantitative estimate of drug-likeness (QED) is 0.639. The van der Waals surface area contributed by atoms with E-state index in [1.54, 1.807) is 7.11 Å². The lowest BCUT2D eigenvalue weighted by Gasteiger charge is -2.36. The average Bonchev–Trinajstić information content (AvgIpc) is 2.08. The number of aliphatic hydroxyl groups excluding tert-OH is 1. The van der Waals surface area contributed by atoms with Gasteiger partial charge in [-0.2, -0.15) is 0 Å². The highest BCUT2D eigenvalue weighted by Gasteiger charge is 2.33. The van der Waals surface area contributed by atoms with Crippen LogP contribution in [-0.2, 0) is 4.74 Å². The predicted molar refractivity (Wildman–Crippen MR) is 47.8 cm³/mol. The molecule has 0 aromatic carbocycles. The van der Waals surface area contributed by atoms with Crippen LogP contribution in [0.25, 0.3) is 0 Å². The van der Waals surface area contributed by atoms with Gasteiger partial charge in [0.25, 0.3) is 0 Å². The van der Waals surface area contributed by atoms with Crippen LogP contribution in [0.5, 0.6) is 0 Å². The molecule has 0 spiro atoms. The number of hydrogen-bond acceptors (Lipinski definition) is 3. The van der Waals surface area contributed by atoms with Gasteiger partial charge in [-0.3, -0.25) is 0 Å². The molecule has 0 bridgehead atoms. The molecule has 3 heteroatoms. The van der Waals surface area contributed by atoms with E-state index < -0.39 is 0 Å². The van der Waals surface area contributed by atoms with E-state index in [1.807, 2.05) is 0 Å². The van der Waals surface area contributed by atoms with Crippen molar-refractivity contribution in [2.45, 2.75) is 44.4 Å². The third kappa shape index (κ3) is 1.97. The molecule has 0 aromatic heterocycles. The largest absolute Gasteiger partial charge is 0.390 e. The summed E-state index contributed by atoms with van der Waals surface area (Å²) < 4.78 is 5.14. The molecule has 3 N–H and O–H groups in total. The Morgan fingerprint density at radius 2 is 2.17 bits per heavy atom. The Labute approximate surface area is 73.9 Å². The predicted octanol–water partition coefficient (Wildman–Crippen LogP) is 0.510. The van der Waals surface area contributed by atoms with Crippen molar-refractivity contribution < 1.29 is 9.84 Å². The highest BCUT2D eigenvalue weighted by atomic mass is 16.5. The zero-order valence-electron chi connectivity index (χ0n) is 7.86. The second kappa shape index (κ2) is 4.21. The van der Waals surface area contributed by atoms with E-state index in [2.05, 4.69) is 6.92 Å². The van der Waals surface area contributed by atoms with Crippen molar-refractivity contribution in [3.05, 3.63) is 0 Å². The van der Waals surface area contributed by atoms with Gasteiger partial charge in [0.1, 0.15) is 0 Å². The minimum Gasteiger partial charge on any atom is -0.390 e. The Hall–Kier alpha value is -0.120. The summed E-state index contributed by atoms with van der Waals surface area (Å²) in [4.78, 5) is 0. The minimum atomic E-state index is -0.320. The fraction of sp³-hybridized carbons (Fsp3) is 1.00. The van der Waals surface area contributed by atoms with E-state index in [4.69, 9.17) is 10.5 Å². The first-order valence-electron chi connectivity index (χ1n) is 4.65. The lowest BCUT2D eigenvalue weighted by molar-refractivity contribution is -0.0562. The number of nitrogens with two attached hydrogens (primary N) is 1. The van der Waals surface area contributed by atoms with Crippen molar-refractivity contribution in [2.75, 3.05) is 7.11 Å². The van der Waals surface area contributed by atoms with Crippen molar-refractivity contribution in [1.29, 1.82) is 0 Å². The molecule has 1 aliphatic carbocycles. The zero-order chi connectivity index (χ0) is 9.14. The van der Waals surface area contributed by atoms with E-state index in [0.29, 0.717) is 5.92 Å². The van der Waals surface area contributed by atoms with Gasteiger partial charge in [0, 0.05) is 13.2 Å². The molecule has 0 radical (unpaired) electrons. The highest BCUT2D eigenvalue weighted by molar-refractivity contribution is 4.87. The molecule has 1 rings (SSSR count).